The van der Waals surface area contributed by atoms with E-state index in [1.165, 1.54) is 11.9 Å². The fraction of sp³-hybridized carbons (Fsp3) is 0.667. The molecule has 2 amide bonds. The molecule has 12 heavy (non-hydrogen) atoms. The summed E-state index contributed by atoms with van der Waals surface area (Å²) in [6.07, 6.45) is 1.39. The Balaban J connectivity index is 2.79. The van der Waals surface area contributed by atoms with Crippen LogP contribution in [0.1, 0.15) is 12.8 Å². The summed E-state index contributed by atoms with van der Waals surface area (Å²) in [7, 11) is 1.54. The summed E-state index contributed by atoms with van der Waals surface area (Å²) in [5.41, 5.74) is 9.83. The third-order valence-electron chi connectivity index (χ3n) is 2.28. The van der Waals surface area contributed by atoms with E-state index in [9.17, 15) is 4.79 Å². The number of amidine groups is 1. The van der Waals surface area contributed by atoms with Crippen molar-refractivity contribution in [2.45, 2.75) is 18.4 Å². The molecule has 0 radical (unpaired) electrons. The van der Waals surface area contributed by atoms with E-state index in [0.717, 1.165) is 0 Å². The highest BCUT2D eigenvalue weighted by molar-refractivity contribution is 5.95. The highest BCUT2D eigenvalue weighted by atomic mass is 16.4. The van der Waals surface area contributed by atoms with Gasteiger partial charge in [0.15, 0.2) is 5.84 Å². The number of amides is 2. The van der Waals surface area contributed by atoms with E-state index in [2.05, 4.69) is 5.16 Å². The fourth-order valence-electron chi connectivity index (χ4n) is 1.19. The van der Waals surface area contributed by atoms with E-state index in [-0.39, 0.29) is 5.84 Å². The van der Waals surface area contributed by atoms with Crippen LogP contribution in [0.15, 0.2) is 5.16 Å². The van der Waals surface area contributed by atoms with Crippen molar-refractivity contribution in [1.82, 2.24) is 4.90 Å². The lowest BCUT2D eigenvalue weighted by molar-refractivity contribution is 0.206. The average Bonchev–Trinajstić information content (AvgIpc) is 2.82. The van der Waals surface area contributed by atoms with Crippen molar-refractivity contribution >= 4 is 11.9 Å². The van der Waals surface area contributed by atoms with E-state index < -0.39 is 11.6 Å². The number of nitrogens with two attached hydrogens (primary N) is 2. The predicted molar refractivity (Wildman–Crippen MR) is 42.7 cm³/mol. The van der Waals surface area contributed by atoms with Crippen molar-refractivity contribution in [3.05, 3.63) is 0 Å². The van der Waals surface area contributed by atoms with Gasteiger partial charge in [-0.2, -0.15) is 0 Å². The van der Waals surface area contributed by atoms with Gasteiger partial charge in [-0.3, -0.25) is 0 Å². The van der Waals surface area contributed by atoms with Crippen LogP contribution in [0.25, 0.3) is 0 Å². The molecule has 6 heteroatoms. The Bertz CT molecular complexity index is 234. The highest BCUT2D eigenvalue weighted by Gasteiger charge is 2.52. The molecule has 1 saturated carbocycles. The van der Waals surface area contributed by atoms with Gasteiger partial charge in [-0.25, -0.2) is 4.79 Å². The van der Waals surface area contributed by atoms with Gasteiger partial charge < -0.3 is 21.6 Å². The third kappa shape index (κ3) is 1.05. The van der Waals surface area contributed by atoms with Crippen LogP contribution in [-0.2, 0) is 0 Å². The molecule has 0 spiro atoms. The molecule has 0 bridgehead atoms. The molecule has 1 fully saturated rings. The Hall–Kier alpha value is -1.46. The molecule has 0 saturated heterocycles. The van der Waals surface area contributed by atoms with Gasteiger partial charge in [0, 0.05) is 7.05 Å². The van der Waals surface area contributed by atoms with Gasteiger partial charge in [0.2, 0.25) is 0 Å². The van der Waals surface area contributed by atoms with Crippen molar-refractivity contribution in [3.8, 4) is 0 Å². The van der Waals surface area contributed by atoms with Crippen molar-refractivity contribution in [2.24, 2.45) is 16.6 Å². The molecule has 0 aromatic carbocycles. The van der Waals surface area contributed by atoms with Crippen LogP contribution >= 0.6 is 0 Å². The number of oxime groups is 1. The number of rotatable bonds is 2. The molecule has 0 atom stereocenters. The largest absolute Gasteiger partial charge is 0.409 e. The maximum Gasteiger partial charge on any atom is 0.315 e. The maximum absolute atomic E-state index is 10.8. The van der Waals surface area contributed by atoms with Crippen molar-refractivity contribution in [3.63, 3.8) is 0 Å². The van der Waals surface area contributed by atoms with Crippen LogP contribution in [0, 0.1) is 0 Å². The van der Waals surface area contributed by atoms with Crippen LogP contribution in [0.4, 0.5) is 4.79 Å². The molecule has 0 heterocycles. The zero-order valence-electron chi connectivity index (χ0n) is 6.82. The van der Waals surface area contributed by atoms with Crippen molar-refractivity contribution in [1.29, 1.82) is 0 Å². The van der Waals surface area contributed by atoms with E-state index in [4.69, 9.17) is 16.7 Å². The zero-order valence-corrected chi connectivity index (χ0v) is 6.82. The number of hydrogen-bond acceptors (Lipinski definition) is 3. The molecule has 0 aromatic heterocycles. The van der Waals surface area contributed by atoms with Gasteiger partial charge in [0.25, 0.3) is 0 Å². The average molecular weight is 172 g/mol. The van der Waals surface area contributed by atoms with E-state index in [1.54, 1.807) is 0 Å². The number of primary amides is 1. The number of likely N-dealkylation sites (N-methyl/N-ethyl adjacent to an activating group) is 1. The van der Waals surface area contributed by atoms with Crippen LogP contribution in [0.2, 0.25) is 0 Å². The summed E-state index contributed by atoms with van der Waals surface area (Å²) in [6, 6.07) is -0.570. The summed E-state index contributed by atoms with van der Waals surface area (Å²) in [6.45, 7) is 0. The number of hydrogen-bond donors (Lipinski definition) is 3. The number of carbonyl (C=O) groups is 1. The van der Waals surface area contributed by atoms with Gasteiger partial charge in [0.1, 0.15) is 5.54 Å². The topological polar surface area (TPSA) is 105 Å². The SMILES string of the molecule is CN(C(N)=O)C1(/C(N)=N/O)CC1. The summed E-state index contributed by atoms with van der Waals surface area (Å²) in [4.78, 5) is 12.1. The van der Waals surface area contributed by atoms with Gasteiger partial charge in [0.05, 0.1) is 0 Å². The monoisotopic (exact) mass is 172 g/mol. The van der Waals surface area contributed by atoms with Crippen molar-refractivity contribution in [2.75, 3.05) is 7.05 Å². The zero-order chi connectivity index (χ0) is 9.35. The summed E-state index contributed by atoms with van der Waals surface area (Å²) >= 11 is 0. The first-order valence-corrected chi connectivity index (χ1v) is 3.56. The second kappa shape index (κ2) is 2.54. The Kier molecular flexibility index (Phi) is 1.83. The van der Waals surface area contributed by atoms with Crippen LogP contribution in [0.3, 0.4) is 0 Å². The van der Waals surface area contributed by atoms with Gasteiger partial charge in [-0.1, -0.05) is 5.16 Å². The van der Waals surface area contributed by atoms with Gasteiger partial charge in [-0.05, 0) is 12.8 Å². The lowest BCUT2D eigenvalue weighted by Crippen LogP contribution is -2.50. The van der Waals surface area contributed by atoms with E-state index in [1.807, 2.05) is 0 Å². The molecular formula is C6H12N4O2. The van der Waals surface area contributed by atoms with Gasteiger partial charge in [-0.15, -0.1) is 0 Å². The number of nitrogens with zero attached hydrogens (tertiary/aromatic N) is 2. The number of carbonyl (C=O) groups excluding carboxylic acids is 1. The molecule has 1 aliphatic carbocycles. The minimum atomic E-state index is -0.624. The molecule has 5 N–H and O–H groups in total. The lowest BCUT2D eigenvalue weighted by atomic mass is 10.2. The molecule has 1 rings (SSSR count). The Morgan fingerprint density at radius 1 is 1.58 bits per heavy atom. The first-order valence-electron chi connectivity index (χ1n) is 3.56. The first kappa shape index (κ1) is 8.63. The van der Waals surface area contributed by atoms with Crippen LogP contribution < -0.4 is 11.5 Å². The van der Waals surface area contributed by atoms with Crippen LogP contribution in [-0.4, -0.2) is 34.6 Å². The number of urea groups is 1. The Morgan fingerprint density at radius 2 is 2.08 bits per heavy atom. The molecule has 1 aliphatic rings. The molecule has 0 unspecified atom stereocenters. The third-order valence-corrected chi connectivity index (χ3v) is 2.28. The standard InChI is InChI=1S/C6H12N4O2/c1-10(5(8)11)6(2-3-6)4(7)9-12/h12H,2-3H2,1H3,(H2,7,9)(H2,8,11). The quantitative estimate of drug-likeness (QED) is 0.221. The van der Waals surface area contributed by atoms with Gasteiger partial charge >= 0.3 is 6.03 Å². The molecule has 68 valence electrons. The Labute approximate surface area is 69.8 Å². The fourth-order valence-corrected chi connectivity index (χ4v) is 1.19. The van der Waals surface area contributed by atoms with Crippen LogP contribution in [0.5, 0.6) is 0 Å². The second-order valence-corrected chi connectivity index (χ2v) is 2.91. The maximum atomic E-state index is 10.8. The molecule has 0 aliphatic heterocycles. The normalized spacial score (nSPS) is 20.2. The summed E-state index contributed by atoms with van der Waals surface area (Å²) in [5, 5.41) is 11.3. The lowest BCUT2D eigenvalue weighted by Gasteiger charge is -2.24. The first-order chi connectivity index (χ1) is 5.54. The highest BCUT2D eigenvalue weighted by Crippen LogP contribution is 2.40. The minimum Gasteiger partial charge on any atom is -0.409 e. The second-order valence-electron chi connectivity index (χ2n) is 2.91. The molecular weight excluding hydrogens is 160 g/mol. The smallest absolute Gasteiger partial charge is 0.315 e. The van der Waals surface area contributed by atoms with E-state index >= 15 is 0 Å². The molecule has 6 nitrogen and oxygen atoms in total. The van der Waals surface area contributed by atoms with E-state index in [0.29, 0.717) is 12.8 Å². The summed E-state index contributed by atoms with van der Waals surface area (Å²) in [5.74, 6) is 0.0452. The minimum absolute atomic E-state index is 0.0452. The summed E-state index contributed by atoms with van der Waals surface area (Å²) < 4.78 is 0. The molecule has 0 aromatic rings. The Morgan fingerprint density at radius 3 is 2.33 bits per heavy atom. The predicted octanol–water partition coefficient (Wildman–Crippen LogP) is -0.724. The van der Waals surface area contributed by atoms with Crippen molar-refractivity contribution < 1.29 is 10.0 Å².